The van der Waals surface area contributed by atoms with Crippen LogP contribution in [0.25, 0.3) is 11.1 Å². The number of alkyl halides is 6. The molecule has 0 saturated carbocycles. The average molecular weight is 355 g/mol. The Kier molecular flexibility index (Phi) is 4.79. The molecule has 1 nitrogen and oxygen atoms in total. The van der Waals surface area contributed by atoms with Crippen LogP contribution in [0.1, 0.15) is 5.56 Å². The predicted octanol–water partition coefficient (Wildman–Crippen LogP) is 5.97. The topological polar surface area (TPSA) is 9.23 Å². The molecule has 0 spiro atoms. The predicted molar refractivity (Wildman–Crippen MR) is 73.4 cm³/mol. The Balaban J connectivity index is 2.38. The Labute approximate surface area is 132 Å². The summed E-state index contributed by atoms with van der Waals surface area (Å²) in [4.78, 5) is 0. The van der Waals surface area contributed by atoms with Gasteiger partial charge in [-0.05, 0) is 29.8 Å². The highest BCUT2D eigenvalue weighted by Crippen LogP contribution is 2.38. The van der Waals surface area contributed by atoms with Gasteiger partial charge < -0.3 is 4.74 Å². The quantitative estimate of drug-likeness (QED) is 0.617. The molecule has 0 bridgehead atoms. The molecular weight excluding hydrogens is 346 g/mol. The van der Waals surface area contributed by atoms with Gasteiger partial charge in [0.25, 0.3) is 0 Å². The SMILES string of the molecule is FC(F)(F)COc1cccc(Cl)c1-c1ccc(C(F)(F)F)cc1. The molecule has 124 valence electrons. The molecule has 0 heterocycles. The summed E-state index contributed by atoms with van der Waals surface area (Å²) in [7, 11) is 0. The van der Waals surface area contributed by atoms with E-state index in [0.29, 0.717) is 0 Å². The van der Waals surface area contributed by atoms with Crippen LogP contribution < -0.4 is 4.74 Å². The van der Waals surface area contributed by atoms with Gasteiger partial charge in [-0.2, -0.15) is 26.3 Å². The van der Waals surface area contributed by atoms with Crippen molar-refractivity contribution in [1.82, 2.24) is 0 Å². The summed E-state index contributed by atoms with van der Waals surface area (Å²) < 4.78 is 79.2. The van der Waals surface area contributed by atoms with E-state index in [2.05, 4.69) is 0 Å². The monoisotopic (exact) mass is 354 g/mol. The smallest absolute Gasteiger partial charge is 0.422 e. The molecule has 2 rings (SSSR count). The van der Waals surface area contributed by atoms with Crippen LogP contribution in [0.15, 0.2) is 42.5 Å². The zero-order valence-electron chi connectivity index (χ0n) is 11.3. The first-order valence-electron chi connectivity index (χ1n) is 6.23. The van der Waals surface area contributed by atoms with E-state index in [0.717, 1.165) is 24.3 Å². The minimum Gasteiger partial charge on any atom is -0.483 e. The van der Waals surface area contributed by atoms with Crippen molar-refractivity contribution in [3.63, 3.8) is 0 Å². The van der Waals surface area contributed by atoms with Crippen LogP contribution >= 0.6 is 11.6 Å². The maximum absolute atomic E-state index is 12.6. The van der Waals surface area contributed by atoms with Gasteiger partial charge in [-0.1, -0.05) is 29.8 Å². The number of benzene rings is 2. The summed E-state index contributed by atoms with van der Waals surface area (Å²) in [6, 6.07) is 7.98. The Morgan fingerprint density at radius 2 is 1.48 bits per heavy atom. The molecule has 8 heteroatoms. The standard InChI is InChI=1S/C15H9ClF6O/c16-11-2-1-3-12(23-8-14(17,18)19)13(11)9-4-6-10(7-5-9)15(20,21)22/h1-7H,8H2. The Hall–Kier alpha value is -1.89. The van der Waals surface area contributed by atoms with E-state index in [1.165, 1.54) is 18.2 Å². The second-order valence-corrected chi connectivity index (χ2v) is 5.00. The van der Waals surface area contributed by atoms with Crippen molar-refractivity contribution in [2.45, 2.75) is 12.4 Å². The van der Waals surface area contributed by atoms with Gasteiger partial charge in [0.1, 0.15) is 5.75 Å². The molecule has 0 amide bonds. The van der Waals surface area contributed by atoms with Crippen molar-refractivity contribution in [3.8, 4) is 16.9 Å². The van der Waals surface area contributed by atoms with E-state index in [1.807, 2.05) is 0 Å². The van der Waals surface area contributed by atoms with Crippen molar-refractivity contribution >= 4 is 11.6 Å². The highest BCUT2D eigenvalue weighted by atomic mass is 35.5. The van der Waals surface area contributed by atoms with E-state index in [4.69, 9.17) is 16.3 Å². The summed E-state index contributed by atoms with van der Waals surface area (Å²) in [5, 5.41) is 0.0735. The lowest BCUT2D eigenvalue weighted by Crippen LogP contribution is -2.19. The molecule has 0 aromatic heterocycles. The third-order valence-electron chi connectivity index (χ3n) is 2.87. The van der Waals surface area contributed by atoms with Crippen molar-refractivity contribution in [2.24, 2.45) is 0 Å². The number of rotatable bonds is 3. The number of halogens is 7. The van der Waals surface area contributed by atoms with Crippen LogP contribution in [0.5, 0.6) is 5.75 Å². The van der Waals surface area contributed by atoms with Crippen molar-refractivity contribution < 1.29 is 31.1 Å². The van der Waals surface area contributed by atoms with E-state index >= 15 is 0 Å². The highest BCUT2D eigenvalue weighted by Gasteiger charge is 2.31. The van der Waals surface area contributed by atoms with Crippen molar-refractivity contribution in [3.05, 3.63) is 53.1 Å². The molecule has 0 aliphatic heterocycles. The third-order valence-corrected chi connectivity index (χ3v) is 3.18. The first kappa shape index (κ1) is 17.5. The molecule has 0 aliphatic carbocycles. The fourth-order valence-corrected chi connectivity index (χ4v) is 2.17. The van der Waals surface area contributed by atoms with Gasteiger partial charge in [-0.3, -0.25) is 0 Å². The molecule has 0 unspecified atom stereocenters. The zero-order chi connectivity index (χ0) is 17.3. The highest BCUT2D eigenvalue weighted by molar-refractivity contribution is 6.33. The fraction of sp³-hybridized carbons (Fsp3) is 0.200. The summed E-state index contributed by atoms with van der Waals surface area (Å²) in [6.07, 6.45) is -9.05. The molecule has 23 heavy (non-hydrogen) atoms. The molecule has 0 fully saturated rings. The van der Waals surface area contributed by atoms with E-state index in [1.54, 1.807) is 0 Å². The molecule has 0 N–H and O–H groups in total. The summed E-state index contributed by atoms with van der Waals surface area (Å²) in [6.45, 7) is -1.53. The van der Waals surface area contributed by atoms with Crippen molar-refractivity contribution in [1.29, 1.82) is 0 Å². The second kappa shape index (κ2) is 6.31. The van der Waals surface area contributed by atoms with Crippen LogP contribution in [0.2, 0.25) is 5.02 Å². The van der Waals surface area contributed by atoms with Crippen LogP contribution in [0.4, 0.5) is 26.3 Å². The zero-order valence-corrected chi connectivity index (χ0v) is 12.1. The number of hydrogen-bond acceptors (Lipinski definition) is 1. The van der Waals surface area contributed by atoms with E-state index in [-0.39, 0.29) is 21.9 Å². The number of hydrogen-bond donors (Lipinski definition) is 0. The lowest BCUT2D eigenvalue weighted by atomic mass is 10.0. The van der Waals surface area contributed by atoms with Crippen molar-refractivity contribution in [2.75, 3.05) is 6.61 Å². The van der Waals surface area contributed by atoms with Crippen LogP contribution in [-0.2, 0) is 6.18 Å². The van der Waals surface area contributed by atoms with Gasteiger partial charge in [-0.15, -0.1) is 0 Å². The fourth-order valence-electron chi connectivity index (χ4n) is 1.89. The summed E-state index contributed by atoms with van der Waals surface area (Å²) in [5.74, 6) is -0.158. The van der Waals surface area contributed by atoms with Gasteiger partial charge in [0.2, 0.25) is 0 Å². The lowest BCUT2D eigenvalue weighted by Gasteiger charge is -2.15. The third kappa shape index (κ3) is 4.54. The van der Waals surface area contributed by atoms with Crippen LogP contribution in [0, 0.1) is 0 Å². The normalized spacial score (nSPS) is 12.3. The van der Waals surface area contributed by atoms with Crippen LogP contribution in [0.3, 0.4) is 0 Å². The van der Waals surface area contributed by atoms with Gasteiger partial charge in [-0.25, -0.2) is 0 Å². The largest absolute Gasteiger partial charge is 0.483 e. The molecule has 0 radical (unpaired) electrons. The van der Waals surface area contributed by atoms with E-state index < -0.39 is 24.5 Å². The Morgan fingerprint density at radius 1 is 0.870 bits per heavy atom. The maximum Gasteiger partial charge on any atom is 0.422 e. The lowest BCUT2D eigenvalue weighted by molar-refractivity contribution is -0.153. The maximum atomic E-state index is 12.6. The Morgan fingerprint density at radius 3 is 2.00 bits per heavy atom. The second-order valence-electron chi connectivity index (χ2n) is 4.59. The molecule has 2 aromatic rings. The molecule has 0 aliphatic rings. The average Bonchev–Trinajstić information content (AvgIpc) is 2.43. The summed E-state index contributed by atoms with van der Waals surface area (Å²) >= 11 is 5.96. The van der Waals surface area contributed by atoms with Gasteiger partial charge >= 0.3 is 12.4 Å². The van der Waals surface area contributed by atoms with Gasteiger partial charge in [0.15, 0.2) is 6.61 Å². The Bertz CT molecular complexity index is 676. The number of ether oxygens (including phenoxy) is 1. The van der Waals surface area contributed by atoms with Crippen LogP contribution in [-0.4, -0.2) is 12.8 Å². The van der Waals surface area contributed by atoms with E-state index in [9.17, 15) is 26.3 Å². The van der Waals surface area contributed by atoms with Gasteiger partial charge in [0.05, 0.1) is 10.6 Å². The molecule has 0 atom stereocenters. The molecular formula is C15H9ClF6O. The minimum atomic E-state index is -4.54. The van der Waals surface area contributed by atoms with Gasteiger partial charge in [0, 0.05) is 5.56 Å². The first-order valence-corrected chi connectivity index (χ1v) is 6.61. The summed E-state index contributed by atoms with van der Waals surface area (Å²) in [5.41, 5.74) is -0.543. The first-order chi connectivity index (χ1) is 10.6. The minimum absolute atomic E-state index is 0.0735. The molecule has 0 saturated heterocycles. The molecule has 2 aromatic carbocycles.